The second-order valence-electron chi connectivity index (χ2n) is 10.2. The van der Waals surface area contributed by atoms with Gasteiger partial charge in [-0.25, -0.2) is 4.79 Å². The van der Waals surface area contributed by atoms with Crippen molar-refractivity contribution >= 4 is 34.6 Å². The minimum absolute atomic E-state index is 0.111. The van der Waals surface area contributed by atoms with Gasteiger partial charge in [0.15, 0.2) is 0 Å². The first kappa shape index (κ1) is 27.2. The van der Waals surface area contributed by atoms with Crippen molar-refractivity contribution in [1.82, 2.24) is 20.5 Å². The summed E-state index contributed by atoms with van der Waals surface area (Å²) >= 11 is 0. The van der Waals surface area contributed by atoms with Crippen LogP contribution in [0.15, 0.2) is 30.5 Å². The predicted octanol–water partition coefficient (Wildman–Crippen LogP) is 1.39. The lowest BCUT2D eigenvalue weighted by molar-refractivity contribution is -0.149. The average Bonchev–Trinajstić information content (AvgIpc) is 3.48. The van der Waals surface area contributed by atoms with Gasteiger partial charge in [-0.15, -0.1) is 0 Å². The molecule has 1 aliphatic rings. The average molecular weight is 500 g/mol. The standard InChI is InChI=1S/C26H37N5O5/c1-14(2)21(27)23(32)30-22(15(3)4)24(33)29-19(25(34)31-11-7-10-20(31)26(35)36)12-16-13-28-18-9-6-5-8-17(16)18/h5-6,8-9,13-15,19-22,28H,7,10-12,27H2,1-4H3,(H,29,33)(H,30,32)(H,35,36). The maximum atomic E-state index is 13.6. The van der Waals surface area contributed by atoms with Gasteiger partial charge in [-0.2, -0.15) is 0 Å². The zero-order valence-corrected chi connectivity index (χ0v) is 21.3. The maximum Gasteiger partial charge on any atom is 0.326 e. The Morgan fingerprint density at radius 3 is 2.42 bits per heavy atom. The van der Waals surface area contributed by atoms with E-state index in [0.717, 1.165) is 16.5 Å². The fraction of sp³-hybridized carbons (Fsp3) is 0.538. The quantitative estimate of drug-likeness (QED) is 0.332. The van der Waals surface area contributed by atoms with Crippen LogP contribution in [0, 0.1) is 11.8 Å². The van der Waals surface area contributed by atoms with E-state index in [1.165, 1.54) is 4.90 Å². The SMILES string of the molecule is CC(C)C(N)C(=O)NC(C(=O)NC(Cc1c[nH]c2ccccc12)C(=O)N1CCCC1C(=O)O)C(C)C. The molecule has 0 aliphatic carbocycles. The Morgan fingerprint density at radius 2 is 1.78 bits per heavy atom. The molecule has 0 bridgehead atoms. The van der Waals surface area contributed by atoms with Crippen LogP contribution >= 0.6 is 0 Å². The highest BCUT2D eigenvalue weighted by molar-refractivity contribution is 5.95. The summed E-state index contributed by atoms with van der Waals surface area (Å²) in [5.74, 6) is -2.85. The molecular formula is C26H37N5O5. The van der Waals surface area contributed by atoms with Crippen molar-refractivity contribution in [3.63, 3.8) is 0 Å². The number of hydrogen-bond acceptors (Lipinski definition) is 5. The fourth-order valence-corrected chi connectivity index (χ4v) is 4.56. The molecule has 0 saturated carbocycles. The number of rotatable bonds is 10. The number of aromatic nitrogens is 1. The number of carboxylic acids is 1. The van der Waals surface area contributed by atoms with Crippen molar-refractivity contribution in [3.8, 4) is 0 Å². The Hall–Kier alpha value is -3.40. The van der Waals surface area contributed by atoms with Crippen molar-refractivity contribution in [2.24, 2.45) is 17.6 Å². The number of nitrogens with two attached hydrogens (primary N) is 1. The number of para-hydroxylation sites is 1. The molecule has 1 saturated heterocycles. The third-order valence-corrected chi connectivity index (χ3v) is 6.80. The number of amides is 3. The number of aromatic amines is 1. The summed E-state index contributed by atoms with van der Waals surface area (Å²) in [5.41, 5.74) is 7.68. The van der Waals surface area contributed by atoms with E-state index in [-0.39, 0.29) is 18.3 Å². The van der Waals surface area contributed by atoms with Crippen molar-refractivity contribution in [3.05, 3.63) is 36.0 Å². The number of fused-ring (bicyclic) bond motifs is 1. The van der Waals surface area contributed by atoms with E-state index in [2.05, 4.69) is 15.6 Å². The van der Waals surface area contributed by atoms with Crippen LogP contribution in [-0.4, -0.2) is 69.4 Å². The normalized spacial score (nSPS) is 18.3. The number of carbonyl (C=O) groups excluding carboxylic acids is 3. The van der Waals surface area contributed by atoms with Crippen LogP contribution < -0.4 is 16.4 Å². The molecule has 0 spiro atoms. The second-order valence-corrected chi connectivity index (χ2v) is 10.2. The highest BCUT2D eigenvalue weighted by Crippen LogP contribution is 2.23. The lowest BCUT2D eigenvalue weighted by Crippen LogP contribution is -2.59. The molecule has 196 valence electrons. The predicted molar refractivity (Wildman–Crippen MR) is 136 cm³/mol. The van der Waals surface area contributed by atoms with Gasteiger partial charge in [-0.1, -0.05) is 45.9 Å². The molecule has 36 heavy (non-hydrogen) atoms. The number of likely N-dealkylation sites (tertiary alicyclic amines) is 1. The van der Waals surface area contributed by atoms with E-state index in [9.17, 15) is 24.3 Å². The first-order valence-corrected chi connectivity index (χ1v) is 12.5. The van der Waals surface area contributed by atoms with Gasteiger partial charge >= 0.3 is 5.97 Å². The van der Waals surface area contributed by atoms with Crippen molar-refractivity contribution in [2.75, 3.05) is 6.54 Å². The van der Waals surface area contributed by atoms with E-state index in [1.54, 1.807) is 20.0 Å². The van der Waals surface area contributed by atoms with Gasteiger partial charge < -0.3 is 31.4 Å². The van der Waals surface area contributed by atoms with Gasteiger partial charge in [0.1, 0.15) is 18.1 Å². The second kappa shape index (κ2) is 11.6. The highest BCUT2D eigenvalue weighted by Gasteiger charge is 2.39. The van der Waals surface area contributed by atoms with Crippen LogP contribution in [0.5, 0.6) is 0 Å². The van der Waals surface area contributed by atoms with Gasteiger partial charge in [0.05, 0.1) is 6.04 Å². The summed E-state index contributed by atoms with van der Waals surface area (Å²) in [5, 5.41) is 16.1. The van der Waals surface area contributed by atoms with Crippen LogP contribution in [0.25, 0.3) is 10.9 Å². The van der Waals surface area contributed by atoms with Crippen LogP contribution in [0.4, 0.5) is 0 Å². The van der Waals surface area contributed by atoms with Gasteiger partial charge in [0, 0.05) is 30.1 Å². The van der Waals surface area contributed by atoms with Gasteiger partial charge in [0.2, 0.25) is 17.7 Å². The number of H-pyrrole nitrogens is 1. The number of carbonyl (C=O) groups is 4. The Balaban J connectivity index is 1.87. The lowest BCUT2D eigenvalue weighted by Gasteiger charge is -2.30. The number of carboxylic acid groups (broad SMARTS) is 1. The summed E-state index contributed by atoms with van der Waals surface area (Å²) in [6, 6.07) is 4.00. The first-order chi connectivity index (χ1) is 17.0. The molecule has 1 aromatic heterocycles. The first-order valence-electron chi connectivity index (χ1n) is 12.5. The minimum Gasteiger partial charge on any atom is -0.480 e. The molecule has 1 aromatic carbocycles. The van der Waals surface area contributed by atoms with Gasteiger partial charge in [-0.05, 0) is 36.3 Å². The molecule has 0 radical (unpaired) electrons. The van der Waals surface area contributed by atoms with Crippen LogP contribution in [0.3, 0.4) is 0 Å². The number of benzene rings is 1. The summed E-state index contributed by atoms with van der Waals surface area (Å²) in [6.07, 6.45) is 2.90. The highest BCUT2D eigenvalue weighted by atomic mass is 16.4. The van der Waals surface area contributed by atoms with Gasteiger partial charge in [0.25, 0.3) is 0 Å². The minimum atomic E-state index is -1.06. The largest absolute Gasteiger partial charge is 0.480 e. The smallest absolute Gasteiger partial charge is 0.326 e. The summed E-state index contributed by atoms with van der Waals surface area (Å²) < 4.78 is 0. The van der Waals surface area contributed by atoms with Crippen molar-refractivity contribution < 1.29 is 24.3 Å². The summed E-state index contributed by atoms with van der Waals surface area (Å²) in [4.78, 5) is 55.8. The molecule has 4 atom stereocenters. The zero-order chi connectivity index (χ0) is 26.6. The Kier molecular flexibility index (Phi) is 8.73. The molecule has 2 aromatic rings. The molecule has 2 heterocycles. The Labute approximate surface area is 211 Å². The molecule has 3 rings (SSSR count). The zero-order valence-electron chi connectivity index (χ0n) is 21.3. The van der Waals surface area contributed by atoms with E-state index in [1.807, 2.05) is 38.1 Å². The van der Waals surface area contributed by atoms with Crippen LogP contribution in [-0.2, 0) is 25.6 Å². The molecule has 4 unspecified atom stereocenters. The third kappa shape index (κ3) is 6.04. The summed E-state index contributed by atoms with van der Waals surface area (Å²) in [6.45, 7) is 7.54. The summed E-state index contributed by atoms with van der Waals surface area (Å²) in [7, 11) is 0. The van der Waals surface area contributed by atoms with Crippen molar-refractivity contribution in [1.29, 1.82) is 0 Å². The van der Waals surface area contributed by atoms with Crippen LogP contribution in [0.1, 0.15) is 46.1 Å². The topological polar surface area (TPSA) is 158 Å². The molecule has 10 heteroatoms. The molecule has 6 N–H and O–H groups in total. The molecule has 1 fully saturated rings. The number of nitrogens with zero attached hydrogens (tertiary/aromatic N) is 1. The van der Waals surface area contributed by atoms with Crippen molar-refractivity contribution in [2.45, 2.75) is 71.1 Å². The fourth-order valence-electron chi connectivity index (χ4n) is 4.56. The van der Waals surface area contributed by atoms with E-state index in [4.69, 9.17) is 5.73 Å². The van der Waals surface area contributed by atoms with Crippen LogP contribution in [0.2, 0.25) is 0 Å². The Morgan fingerprint density at radius 1 is 1.08 bits per heavy atom. The Bertz CT molecular complexity index is 1110. The number of aliphatic carboxylic acids is 1. The molecular weight excluding hydrogens is 462 g/mol. The number of nitrogens with one attached hydrogen (secondary N) is 3. The number of hydrogen-bond donors (Lipinski definition) is 5. The lowest BCUT2D eigenvalue weighted by atomic mass is 9.98. The van der Waals surface area contributed by atoms with E-state index >= 15 is 0 Å². The van der Waals surface area contributed by atoms with E-state index < -0.39 is 47.9 Å². The third-order valence-electron chi connectivity index (χ3n) is 6.80. The van der Waals surface area contributed by atoms with Gasteiger partial charge in [-0.3, -0.25) is 14.4 Å². The van der Waals surface area contributed by atoms with E-state index in [0.29, 0.717) is 19.4 Å². The molecule has 3 amide bonds. The molecule has 10 nitrogen and oxygen atoms in total. The monoisotopic (exact) mass is 499 g/mol. The molecule has 1 aliphatic heterocycles. The maximum absolute atomic E-state index is 13.6.